The minimum absolute atomic E-state index is 0. The number of ketones is 1. The van der Waals surface area contributed by atoms with Gasteiger partial charge in [0.15, 0.2) is 39.8 Å². The van der Waals surface area contributed by atoms with Crippen LogP contribution < -0.4 is 32.4 Å². The number of nitrogen functional groups attached to an aromatic ring is 2. The van der Waals surface area contributed by atoms with E-state index in [9.17, 15) is 34.5 Å². The van der Waals surface area contributed by atoms with Gasteiger partial charge in [-0.3, -0.25) is 9.59 Å². The molecule has 63 heavy (non-hydrogen) atoms. The highest BCUT2D eigenvalue weighted by molar-refractivity contribution is 6.31. The SMILES string of the molecule is CC(C)=CCCC1(C)C=Cc2c(O)c3c(c(CC=C(C)C)c2O1)OC12C(=CCCC1C(C)(C)OC2(CC=C(C)C(=O)O)C(=O)O)C3=O.Cl.NC(N)=NC(=O)c1nc(Cl)c(N)nc1N. The number of nitrogens with two attached hydrogens (primary N) is 4. The summed E-state index contributed by atoms with van der Waals surface area (Å²) in [6.07, 6.45) is 13.1. The van der Waals surface area contributed by atoms with Gasteiger partial charge in [0.1, 0.15) is 28.4 Å². The predicted molar refractivity (Wildman–Crippen MR) is 241 cm³/mol. The van der Waals surface area contributed by atoms with Crippen LogP contribution in [-0.4, -0.2) is 77.3 Å². The number of aliphatic imine (C=N–C) groups is 1. The average molecular weight is 913 g/mol. The third-order valence-corrected chi connectivity index (χ3v) is 11.7. The van der Waals surface area contributed by atoms with E-state index in [1.54, 1.807) is 26.0 Å². The number of aromatic hydroxyl groups is 1. The van der Waals surface area contributed by atoms with E-state index >= 15 is 0 Å². The van der Waals surface area contributed by atoms with Crippen LogP contribution in [0.3, 0.4) is 0 Å². The highest BCUT2D eigenvalue weighted by Gasteiger charge is 2.77. The first-order valence-electron chi connectivity index (χ1n) is 19.9. The summed E-state index contributed by atoms with van der Waals surface area (Å²) in [4.78, 5) is 61.8. The number of aliphatic carboxylic acids is 2. The standard InChI is InChI=1S/C38H46O9.C6H8ClN7O.ClH/c1-21(2)11-10-18-36(8)19-17-24-29(39)28-30(40)26-12-9-13-27-35(6,7)47-37(34(43)44,20-16-23(5)33(41)42)38(26,27)46-32(28)25(31(24)45-36)15-14-22(3)4;7-2-4(9)13-3(8)1(12-2)5(15)14-6(10)11;/h11-12,14,16-17,19,27,39H,9-10,13,15,18,20H2,1-8H3,(H,41,42)(H,43,44);(H4,8,9,13)(H4,10,11,14,15);1H. The summed E-state index contributed by atoms with van der Waals surface area (Å²) in [7, 11) is 0. The minimum Gasteiger partial charge on any atom is -0.506 e. The summed E-state index contributed by atoms with van der Waals surface area (Å²) in [5.41, 5.74) is 17.8. The predicted octanol–water partition coefficient (Wildman–Crippen LogP) is 6.64. The average Bonchev–Trinajstić information content (AvgIpc) is 3.37. The topological polar surface area (TPSA) is 299 Å². The van der Waals surface area contributed by atoms with E-state index in [1.807, 2.05) is 46.8 Å². The second-order valence-corrected chi connectivity index (χ2v) is 17.3. The van der Waals surface area contributed by atoms with Gasteiger partial charge in [-0.2, -0.15) is 4.99 Å². The molecule has 6 rings (SSSR count). The van der Waals surface area contributed by atoms with Crippen molar-refractivity contribution in [1.82, 2.24) is 9.97 Å². The molecule has 1 saturated heterocycles. The third-order valence-electron chi connectivity index (χ3n) is 11.4. The molecule has 1 aromatic heterocycles. The fourth-order valence-electron chi connectivity index (χ4n) is 8.43. The van der Waals surface area contributed by atoms with Crippen molar-refractivity contribution in [1.29, 1.82) is 0 Å². The molecule has 17 nitrogen and oxygen atoms in total. The minimum atomic E-state index is -2.16. The van der Waals surface area contributed by atoms with Crippen molar-refractivity contribution < 1.29 is 48.7 Å². The molecule has 1 fully saturated rings. The third kappa shape index (κ3) is 9.26. The molecule has 1 aliphatic carbocycles. The van der Waals surface area contributed by atoms with Gasteiger partial charge in [0.2, 0.25) is 5.60 Å². The van der Waals surface area contributed by atoms with Crippen LogP contribution in [-0.2, 0) is 20.7 Å². The highest BCUT2D eigenvalue weighted by Crippen LogP contribution is 2.64. The molecule has 3 aliphatic heterocycles. The number of aromatic nitrogens is 2. The van der Waals surface area contributed by atoms with E-state index in [-0.39, 0.29) is 69.5 Å². The maximum Gasteiger partial charge on any atom is 0.340 e. The van der Waals surface area contributed by atoms with Crippen molar-refractivity contribution in [2.24, 2.45) is 22.4 Å². The number of rotatable bonds is 10. The lowest BCUT2D eigenvalue weighted by atomic mass is 9.60. The van der Waals surface area contributed by atoms with Gasteiger partial charge in [-0.15, -0.1) is 12.4 Å². The van der Waals surface area contributed by atoms with Crippen LogP contribution in [0.5, 0.6) is 17.2 Å². The molecule has 1 amide bonds. The van der Waals surface area contributed by atoms with Crippen molar-refractivity contribution in [3.63, 3.8) is 0 Å². The zero-order chi connectivity index (χ0) is 46.3. The van der Waals surface area contributed by atoms with Gasteiger partial charge in [0, 0.05) is 29.0 Å². The number of carbonyl (C=O) groups excluding carboxylic acids is 2. The number of phenolic OH excluding ortho intramolecular Hbond substituents is 1. The molecule has 0 saturated carbocycles. The van der Waals surface area contributed by atoms with Crippen LogP contribution in [0.15, 0.2) is 57.7 Å². The Balaban J connectivity index is 0.000000462. The summed E-state index contributed by atoms with van der Waals surface area (Å²) < 4.78 is 20.2. The number of allylic oxidation sites excluding steroid dienone is 5. The zero-order valence-corrected chi connectivity index (χ0v) is 38.0. The number of carboxylic acid groups (broad SMARTS) is 2. The van der Waals surface area contributed by atoms with E-state index in [4.69, 9.17) is 48.7 Å². The number of hydrogen-bond acceptors (Lipinski definition) is 12. The van der Waals surface area contributed by atoms with Crippen molar-refractivity contribution in [3.8, 4) is 17.2 Å². The van der Waals surface area contributed by atoms with E-state index < -0.39 is 57.9 Å². The lowest BCUT2D eigenvalue weighted by Crippen LogP contribution is -2.66. The zero-order valence-electron chi connectivity index (χ0n) is 36.4. The number of amides is 1. The van der Waals surface area contributed by atoms with Crippen LogP contribution in [0.4, 0.5) is 11.6 Å². The summed E-state index contributed by atoms with van der Waals surface area (Å²) in [6.45, 7) is 14.9. The van der Waals surface area contributed by atoms with Crippen LogP contribution in [0.1, 0.15) is 119 Å². The second-order valence-electron chi connectivity index (χ2n) is 17.0. The summed E-state index contributed by atoms with van der Waals surface area (Å²) in [6, 6.07) is 0. The Bertz CT molecular complexity index is 2430. The maximum absolute atomic E-state index is 14.7. The van der Waals surface area contributed by atoms with E-state index in [0.29, 0.717) is 42.6 Å². The number of hydrogen-bond donors (Lipinski definition) is 7. The molecule has 19 heteroatoms. The van der Waals surface area contributed by atoms with Gasteiger partial charge in [-0.05, 0) is 99.6 Å². The van der Waals surface area contributed by atoms with E-state index in [1.165, 1.54) is 18.6 Å². The number of fused-ring (bicyclic) bond motifs is 2. The molecule has 0 radical (unpaired) electrons. The van der Waals surface area contributed by atoms with Crippen LogP contribution in [0.2, 0.25) is 5.15 Å². The van der Waals surface area contributed by atoms with Gasteiger partial charge >= 0.3 is 17.8 Å². The molecule has 340 valence electrons. The Morgan fingerprint density at radius 2 is 1.62 bits per heavy atom. The Labute approximate surface area is 376 Å². The first-order valence-corrected chi connectivity index (χ1v) is 20.3. The monoisotopic (exact) mass is 911 g/mol. The number of nitrogens with zero attached hydrogens (tertiary/aromatic N) is 3. The van der Waals surface area contributed by atoms with Gasteiger partial charge in [0.05, 0.1) is 11.2 Å². The molecule has 11 N–H and O–H groups in total. The number of ether oxygens (including phenoxy) is 3. The number of guanidine groups is 1. The Morgan fingerprint density at radius 1 is 0.968 bits per heavy atom. The quantitative estimate of drug-likeness (QED) is 0.0568. The molecular weight excluding hydrogens is 857 g/mol. The van der Waals surface area contributed by atoms with Crippen molar-refractivity contribution in [3.05, 3.63) is 80.2 Å². The molecule has 1 spiro atoms. The van der Waals surface area contributed by atoms with Crippen LogP contribution in [0, 0.1) is 5.92 Å². The summed E-state index contributed by atoms with van der Waals surface area (Å²) in [5, 5.41) is 32.3. The van der Waals surface area contributed by atoms with Crippen molar-refractivity contribution in [2.75, 3.05) is 11.5 Å². The lowest BCUT2D eigenvalue weighted by Gasteiger charge is -2.50. The lowest BCUT2D eigenvalue weighted by molar-refractivity contribution is -0.184. The molecule has 0 bridgehead atoms. The number of phenols is 1. The number of benzene rings is 1. The van der Waals surface area contributed by atoms with Crippen LogP contribution >= 0.6 is 24.0 Å². The fraction of sp³-hybridized carbons (Fsp3) is 0.432. The number of carboxylic acids is 2. The summed E-state index contributed by atoms with van der Waals surface area (Å²) >= 11 is 5.55. The van der Waals surface area contributed by atoms with E-state index in [2.05, 4.69) is 21.0 Å². The summed E-state index contributed by atoms with van der Waals surface area (Å²) in [5.74, 6) is -5.03. The smallest absolute Gasteiger partial charge is 0.340 e. The number of carbonyl (C=O) groups is 4. The molecule has 4 atom stereocenters. The van der Waals surface area contributed by atoms with Gasteiger partial charge in [-0.25, -0.2) is 19.6 Å². The first kappa shape index (κ1) is 49.7. The molecule has 4 unspecified atom stereocenters. The van der Waals surface area contributed by atoms with Crippen molar-refractivity contribution in [2.45, 2.75) is 116 Å². The van der Waals surface area contributed by atoms with Gasteiger partial charge < -0.3 is 52.5 Å². The molecule has 4 aliphatic rings. The van der Waals surface area contributed by atoms with Crippen molar-refractivity contribution >= 4 is 71.3 Å². The molecule has 1 aromatic carbocycles. The van der Waals surface area contributed by atoms with Gasteiger partial charge in [0.25, 0.3) is 0 Å². The fourth-order valence-corrected chi connectivity index (χ4v) is 8.56. The first-order chi connectivity index (χ1) is 28.8. The Kier molecular flexibility index (Phi) is 14.6. The molecule has 4 heterocycles. The second kappa shape index (κ2) is 18.4. The molecule has 2 aromatic rings. The highest BCUT2D eigenvalue weighted by atomic mass is 35.5. The Morgan fingerprint density at radius 3 is 2.21 bits per heavy atom. The van der Waals surface area contributed by atoms with Crippen LogP contribution in [0.25, 0.3) is 6.08 Å². The normalized spacial score (nSPS) is 23.5. The Hall–Kier alpha value is -5.91. The van der Waals surface area contributed by atoms with Gasteiger partial charge in [-0.1, -0.05) is 47.1 Å². The largest absolute Gasteiger partial charge is 0.506 e. The maximum atomic E-state index is 14.7. The number of anilines is 2. The number of Topliss-reactive ketones (excluding diaryl/α,β-unsaturated/α-hetero) is 1. The number of halogens is 2. The molecular formula is C44H55Cl2N7O10. The van der Waals surface area contributed by atoms with E-state index in [0.717, 1.165) is 12.0 Å².